The SMILES string of the molecule is CC1(C)c2ccccc2-c2ccc(N(c3ccccc3)c3cccc(-c4cccc(N(c5ccccc5)c5ccc(-c6ccccc6)cc5)c4)c3)cc21. The van der Waals surface area contributed by atoms with Gasteiger partial charge in [0.2, 0.25) is 0 Å². The van der Waals surface area contributed by atoms with E-state index >= 15 is 0 Å². The van der Waals surface area contributed by atoms with Crippen LogP contribution in [-0.2, 0) is 5.41 Å². The van der Waals surface area contributed by atoms with E-state index in [-0.39, 0.29) is 5.41 Å². The molecule has 0 saturated heterocycles. The fraction of sp³-hybridized carbons (Fsp3) is 0.0588. The van der Waals surface area contributed by atoms with Crippen LogP contribution in [0.25, 0.3) is 33.4 Å². The van der Waals surface area contributed by atoms with Crippen molar-refractivity contribution in [3.05, 3.63) is 217 Å². The van der Waals surface area contributed by atoms with Crippen molar-refractivity contribution in [2.75, 3.05) is 9.80 Å². The summed E-state index contributed by atoms with van der Waals surface area (Å²) in [6.45, 7) is 4.69. The predicted octanol–water partition coefficient (Wildman–Crippen LogP) is 14.3. The first kappa shape index (κ1) is 32.3. The van der Waals surface area contributed by atoms with Gasteiger partial charge in [-0.2, -0.15) is 0 Å². The Balaban J connectivity index is 1.11. The van der Waals surface area contributed by atoms with E-state index in [4.69, 9.17) is 0 Å². The molecule has 0 unspecified atom stereocenters. The third-order valence-electron chi connectivity index (χ3n) is 10.6. The Bertz CT molecular complexity index is 2520. The molecule has 0 heterocycles. The summed E-state index contributed by atoms with van der Waals surface area (Å²) in [5, 5.41) is 0. The van der Waals surface area contributed by atoms with E-state index in [2.05, 4.69) is 230 Å². The summed E-state index contributed by atoms with van der Waals surface area (Å²) in [5.74, 6) is 0. The Morgan fingerprint density at radius 2 is 0.679 bits per heavy atom. The molecule has 8 aromatic carbocycles. The van der Waals surface area contributed by atoms with E-state index in [0.29, 0.717) is 0 Å². The van der Waals surface area contributed by atoms with Gasteiger partial charge in [0.15, 0.2) is 0 Å². The molecule has 0 aliphatic heterocycles. The van der Waals surface area contributed by atoms with Crippen LogP contribution < -0.4 is 9.80 Å². The molecular formula is C51H40N2. The minimum Gasteiger partial charge on any atom is -0.310 e. The molecular weight excluding hydrogens is 641 g/mol. The van der Waals surface area contributed by atoms with Crippen LogP contribution in [0.15, 0.2) is 206 Å². The zero-order valence-electron chi connectivity index (χ0n) is 30.0. The second-order valence-electron chi connectivity index (χ2n) is 14.3. The van der Waals surface area contributed by atoms with E-state index in [0.717, 1.165) is 45.3 Å². The summed E-state index contributed by atoms with van der Waals surface area (Å²) in [6.07, 6.45) is 0. The van der Waals surface area contributed by atoms with E-state index in [1.165, 1.54) is 33.4 Å². The maximum atomic E-state index is 2.40. The minimum absolute atomic E-state index is 0.0842. The Morgan fingerprint density at radius 1 is 0.283 bits per heavy atom. The molecule has 254 valence electrons. The molecule has 9 rings (SSSR count). The fourth-order valence-electron chi connectivity index (χ4n) is 7.96. The van der Waals surface area contributed by atoms with Gasteiger partial charge in [0.05, 0.1) is 0 Å². The second kappa shape index (κ2) is 13.5. The highest BCUT2D eigenvalue weighted by molar-refractivity contribution is 5.87. The van der Waals surface area contributed by atoms with Crippen molar-refractivity contribution in [2.24, 2.45) is 0 Å². The van der Waals surface area contributed by atoms with Gasteiger partial charge in [0.25, 0.3) is 0 Å². The molecule has 0 saturated carbocycles. The Labute approximate surface area is 312 Å². The molecule has 0 N–H and O–H groups in total. The summed E-state index contributed by atoms with van der Waals surface area (Å²) >= 11 is 0. The smallest absolute Gasteiger partial charge is 0.0467 e. The maximum absolute atomic E-state index is 2.40. The van der Waals surface area contributed by atoms with Gasteiger partial charge in [0.1, 0.15) is 0 Å². The van der Waals surface area contributed by atoms with E-state index in [1.807, 2.05) is 0 Å². The van der Waals surface area contributed by atoms with Crippen LogP contribution in [-0.4, -0.2) is 0 Å². The summed E-state index contributed by atoms with van der Waals surface area (Å²) in [4.78, 5) is 4.72. The van der Waals surface area contributed by atoms with Crippen molar-refractivity contribution in [1.82, 2.24) is 0 Å². The van der Waals surface area contributed by atoms with Gasteiger partial charge in [0, 0.05) is 39.5 Å². The summed E-state index contributed by atoms with van der Waals surface area (Å²) in [5.41, 5.74) is 16.8. The van der Waals surface area contributed by atoms with Gasteiger partial charge in [-0.05, 0) is 117 Å². The van der Waals surface area contributed by atoms with E-state index < -0.39 is 0 Å². The van der Waals surface area contributed by atoms with Gasteiger partial charge in [-0.1, -0.05) is 147 Å². The predicted molar refractivity (Wildman–Crippen MR) is 224 cm³/mol. The average Bonchev–Trinajstić information content (AvgIpc) is 3.45. The van der Waals surface area contributed by atoms with Crippen LogP contribution in [0.3, 0.4) is 0 Å². The van der Waals surface area contributed by atoms with Crippen LogP contribution in [0.1, 0.15) is 25.0 Å². The molecule has 1 aliphatic carbocycles. The van der Waals surface area contributed by atoms with Crippen molar-refractivity contribution >= 4 is 34.1 Å². The molecule has 0 aromatic heterocycles. The first-order valence-electron chi connectivity index (χ1n) is 18.4. The number of rotatable bonds is 8. The highest BCUT2D eigenvalue weighted by Crippen LogP contribution is 2.50. The highest BCUT2D eigenvalue weighted by atomic mass is 15.1. The standard InChI is InChI=1S/C51H40N2/c1-51(2)49-27-13-12-26-47(49)48-33-32-46(36-50(48)51)53(42-22-10-5-11-23-42)45-25-15-19-40(35-45)39-18-14-24-44(34-39)52(41-20-8-4-9-21-41)43-30-28-38(29-31-43)37-16-6-3-7-17-37/h3-36H,1-2H3. The Morgan fingerprint density at radius 3 is 1.28 bits per heavy atom. The van der Waals surface area contributed by atoms with Crippen LogP contribution in [0.2, 0.25) is 0 Å². The summed E-state index contributed by atoms with van der Waals surface area (Å²) < 4.78 is 0. The Hall–Kier alpha value is -6.64. The third-order valence-corrected chi connectivity index (χ3v) is 10.6. The van der Waals surface area contributed by atoms with Crippen molar-refractivity contribution < 1.29 is 0 Å². The lowest BCUT2D eigenvalue weighted by atomic mass is 9.82. The van der Waals surface area contributed by atoms with Gasteiger partial charge < -0.3 is 9.80 Å². The summed E-state index contributed by atoms with van der Waals surface area (Å²) in [6, 6.07) is 74.4. The number of nitrogens with zero attached hydrogens (tertiary/aromatic N) is 2. The molecule has 8 aromatic rings. The zero-order valence-corrected chi connectivity index (χ0v) is 30.0. The quantitative estimate of drug-likeness (QED) is 0.158. The second-order valence-corrected chi connectivity index (χ2v) is 14.3. The van der Waals surface area contributed by atoms with Gasteiger partial charge >= 0.3 is 0 Å². The van der Waals surface area contributed by atoms with Crippen LogP contribution in [0.4, 0.5) is 34.1 Å². The molecule has 0 spiro atoms. The number of anilines is 6. The molecule has 1 aliphatic rings. The molecule has 0 amide bonds. The first-order valence-corrected chi connectivity index (χ1v) is 18.4. The molecule has 0 radical (unpaired) electrons. The van der Waals surface area contributed by atoms with Crippen LogP contribution >= 0.6 is 0 Å². The third kappa shape index (κ3) is 5.99. The van der Waals surface area contributed by atoms with Crippen molar-refractivity contribution in [3.63, 3.8) is 0 Å². The van der Waals surface area contributed by atoms with Crippen molar-refractivity contribution in [3.8, 4) is 33.4 Å². The maximum Gasteiger partial charge on any atom is 0.0467 e. The first-order chi connectivity index (χ1) is 26.0. The van der Waals surface area contributed by atoms with Crippen LogP contribution in [0, 0.1) is 0 Å². The van der Waals surface area contributed by atoms with Crippen molar-refractivity contribution in [2.45, 2.75) is 19.3 Å². The van der Waals surface area contributed by atoms with Gasteiger partial charge in [-0.3, -0.25) is 0 Å². The van der Waals surface area contributed by atoms with E-state index in [9.17, 15) is 0 Å². The number of hydrogen-bond acceptors (Lipinski definition) is 2. The monoisotopic (exact) mass is 680 g/mol. The largest absolute Gasteiger partial charge is 0.310 e. The van der Waals surface area contributed by atoms with Gasteiger partial charge in [-0.15, -0.1) is 0 Å². The minimum atomic E-state index is -0.0842. The lowest BCUT2D eigenvalue weighted by Gasteiger charge is -2.28. The summed E-state index contributed by atoms with van der Waals surface area (Å²) in [7, 11) is 0. The number of para-hydroxylation sites is 2. The zero-order chi connectivity index (χ0) is 35.8. The normalized spacial score (nSPS) is 12.5. The molecule has 53 heavy (non-hydrogen) atoms. The fourth-order valence-corrected chi connectivity index (χ4v) is 7.96. The van der Waals surface area contributed by atoms with Gasteiger partial charge in [-0.25, -0.2) is 0 Å². The number of hydrogen-bond donors (Lipinski definition) is 0. The average molecular weight is 681 g/mol. The molecule has 0 atom stereocenters. The molecule has 2 heteroatoms. The van der Waals surface area contributed by atoms with Crippen LogP contribution in [0.5, 0.6) is 0 Å². The topological polar surface area (TPSA) is 6.48 Å². The lowest BCUT2D eigenvalue weighted by Crippen LogP contribution is -2.16. The number of benzene rings is 8. The Kier molecular flexibility index (Phi) is 8.21. The highest BCUT2D eigenvalue weighted by Gasteiger charge is 2.35. The lowest BCUT2D eigenvalue weighted by molar-refractivity contribution is 0.660. The van der Waals surface area contributed by atoms with Crippen molar-refractivity contribution in [1.29, 1.82) is 0 Å². The molecule has 2 nitrogen and oxygen atoms in total. The molecule has 0 bridgehead atoms. The van der Waals surface area contributed by atoms with E-state index in [1.54, 1.807) is 0 Å². The number of fused-ring (bicyclic) bond motifs is 3. The molecule has 0 fully saturated rings.